The molecule has 0 aliphatic carbocycles. The Balaban J connectivity index is 1.89. The molecule has 5 heteroatoms. The molecule has 16 heavy (non-hydrogen) atoms. The molecular weight excluding hydrogens is 222 g/mol. The average Bonchev–Trinajstić information content (AvgIpc) is 2.69. The predicted octanol–water partition coefficient (Wildman–Crippen LogP) is 2.05. The zero-order chi connectivity index (χ0) is 11.4. The summed E-state index contributed by atoms with van der Waals surface area (Å²) in [6.45, 7) is 2.47. The summed E-state index contributed by atoms with van der Waals surface area (Å²) >= 11 is 1.73. The second kappa shape index (κ2) is 4.94. The second-order valence-electron chi connectivity index (χ2n) is 3.38. The van der Waals surface area contributed by atoms with E-state index >= 15 is 0 Å². The molecule has 2 aromatic heterocycles. The van der Waals surface area contributed by atoms with Crippen molar-refractivity contribution < 1.29 is 4.74 Å². The van der Waals surface area contributed by atoms with E-state index in [0.717, 1.165) is 12.1 Å². The molecule has 2 heterocycles. The normalized spacial score (nSPS) is 10.3. The van der Waals surface area contributed by atoms with Crippen molar-refractivity contribution in [3.05, 3.63) is 34.2 Å². The van der Waals surface area contributed by atoms with Crippen LogP contribution in [0.2, 0.25) is 0 Å². The van der Waals surface area contributed by atoms with Gasteiger partial charge in [-0.25, -0.2) is 4.98 Å². The Kier molecular flexibility index (Phi) is 3.36. The lowest BCUT2D eigenvalue weighted by Crippen LogP contribution is -2.04. The number of hydrogen-bond acceptors (Lipinski definition) is 5. The third-order valence-electron chi connectivity index (χ3n) is 2.03. The molecule has 0 bridgehead atoms. The molecule has 0 aliphatic rings. The van der Waals surface area contributed by atoms with Crippen molar-refractivity contribution in [3.63, 3.8) is 0 Å². The average molecular weight is 235 g/mol. The van der Waals surface area contributed by atoms with Gasteiger partial charge in [-0.05, 0) is 18.4 Å². The van der Waals surface area contributed by atoms with Gasteiger partial charge in [-0.2, -0.15) is 4.98 Å². The molecule has 0 radical (unpaired) electrons. The first-order valence-corrected chi connectivity index (χ1v) is 5.88. The molecule has 84 valence electrons. The van der Waals surface area contributed by atoms with Crippen molar-refractivity contribution in [2.75, 3.05) is 12.3 Å². The van der Waals surface area contributed by atoms with Gasteiger partial charge in [-0.15, -0.1) is 11.3 Å². The standard InChI is InChI=1S/C11H13N3OS/c1-8-7-10(14-11(12)13-8)15-5-4-9-3-2-6-16-9/h2-3,6-7H,4-5H2,1H3,(H2,12,13,14). The van der Waals surface area contributed by atoms with E-state index in [0.29, 0.717) is 12.5 Å². The third-order valence-corrected chi connectivity index (χ3v) is 2.96. The van der Waals surface area contributed by atoms with Gasteiger partial charge in [0.25, 0.3) is 0 Å². The molecule has 2 N–H and O–H groups in total. The number of nitrogens with two attached hydrogens (primary N) is 1. The van der Waals surface area contributed by atoms with Gasteiger partial charge in [-0.1, -0.05) is 6.07 Å². The number of nitrogen functional groups attached to an aromatic ring is 1. The maximum Gasteiger partial charge on any atom is 0.223 e. The number of nitrogens with zero attached hydrogens (tertiary/aromatic N) is 2. The van der Waals surface area contributed by atoms with Crippen molar-refractivity contribution in [1.29, 1.82) is 0 Å². The van der Waals surface area contributed by atoms with Crippen molar-refractivity contribution in [1.82, 2.24) is 9.97 Å². The van der Waals surface area contributed by atoms with Gasteiger partial charge in [0.05, 0.1) is 6.61 Å². The molecule has 2 rings (SSSR count). The van der Waals surface area contributed by atoms with Crippen LogP contribution in [-0.2, 0) is 6.42 Å². The molecule has 0 aliphatic heterocycles. The first kappa shape index (κ1) is 10.9. The lowest BCUT2D eigenvalue weighted by atomic mass is 10.4. The minimum Gasteiger partial charge on any atom is -0.477 e. The molecule has 4 nitrogen and oxygen atoms in total. The number of hydrogen-bond donors (Lipinski definition) is 1. The van der Waals surface area contributed by atoms with Gasteiger partial charge in [0.2, 0.25) is 11.8 Å². The van der Waals surface area contributed by atoms with Gasteiger partial charge >= 0.3 is 0 Å². The quantitative estimate of drug-likeness (QED) is 0.881. The third kappa shape index (κ3) is 2.93. The van der Waals surface area contributed by atoms with Gasteiger partial charge < -0.3 is 10.5 Å². The fraction of sp³-hybridized carbons (Fsp3) is 0.273. The summed E-state index contributed by atoms with van der Waals surface area (Å²) in [7, 11) is 0. The largest absolute Gasteiger partial charge is 0.477 e. The van der Waals surface area contributed by atoms with Crippen LogP contribution in [0.15, 0.2) is 23.6 Å². The van der Waals surface area contributed by atoms with Crippen molar-refractivity contribution in [2.24, 2.45) is 0 Å². The van der Waals surface area contributed by atoms with Crippen LogP contribution in [0.3, 0.4) is 0 Å². The second-order valence-corrected chi connectivity index (χ2v) is 4.42. The van der Waals surface area contributed by atoms with E-state index in [1.165, 1.54) is 4.88 Å². The van der Waals surface area contributed by atoms with Crippen LogP contribution < -0.4 is 10.5 Å². The van der Waals surface area contributed by atoms with Gasteiger partial charge in [0.15, 0.2) is 0 Å². The molecule has 0 amide bonds. The number of aryl methyl sites for hydroxylation is 1. The highest BCUT2D eigenvalue weighted by molar-refractivity contribution is 7.09. The Labute approximate surface area is 98.1 Å². The molecule has 2 aromatic rings. The van der Waals surface area contributed by atoms with Gasteiger partial charge in [0, 0.05) is 23.1 Å². The number of anilines is 1. The predicted molar refractivity (Wildman–Crippen MR) is 64.7 cm³/mol. The van der Waals surface area contributed by atoms with E-state index in [1.54, 1.807) is 17.4 Å². The summed E-state index contributed by atoms with van der Waals surface area (Å²) in [5.74, 6) is 0.799. The van der Waals surface area contributed by atoms with Crippen LogP contribution in [0.1, 0.15) is 10.6 Å². The Morgan fingerprint density at radius 2 is 2.31 bits per heavy atom. The molecular formula is C11H13N3OS. The SMILES string of the molecule is Cc1cc(OCCc2cccs2)nc(N)n1. The van der Waals surface area contributed by atoms with Crippen molar-refractivity contribution in [2.45, 2.75) is 13.3 Å². The summed E-state index contributed by atoms with van der Waals surface area (Å²) in [5.41, 5.74) is 6.34. The Morgan fingerprint density at radius 3 is 3.00 bits per heavy atom. The Hall–Kier alpha value is -1.62. The van der Waals surface area contributed by atoms with E-state index in [2.05, 4.69) is 21.4 Å². The lowest BCUT2D eigenvalue weighted by Gasteiger charge is -2.05. The minimum absolute atomic E-state index is 0.256. The topological polar surface area (TPSA) is 61.0 Å². The number of aromatic nitrogens is 2. The monoisotopic (exact) mass is 235 g/mol. The van der Waals surface area contributed by atoms with E-state index in [4.69, 9.17) is 10.5 Å². The van der Waals surface area contributed by atoms with Gasteiger partial charge in [-0.3, -0.25) is 0 Å². The highest BCUT2D eigenvalue weighted by atomic mass is 32.1. The summed E-state index contributed by atoms with van der Waals surface area (Å²) in [6.07, 6.45) is 0.890. The first-order valence-electron chi connectivity index (χ1n) is 5.00. The van der Waals surface area contributed by atoms with Crippen LogP contribution in [0.25, 0.3) is 0 Å². The number of rotatable bonds is 4. The van der Waals surface area contributed by atoms with Crippen LogP contribution in [0, 0.1) is 6.92 Å². The number of ether oxygens (including phenoxy) is 1. The Bertz CT molecular complexity index is 436. The fourth-order valence-electron chi connectivity index (χ4n) is 1.35. The summed E-state index contributed by atoms with van der Waals surface area (Å²) in [6, 6.07) is 5.91. The lowest BCUT2D eigenvalue weighted by molar-refractivity contribution is 0.310. The van der Waals surface area contributed by atoms with Crippen LogP contribution in [0.5, 0.6) is 5.88 Å². The van der Waals surface area contributed by atoms with Crippen LogP contribution in [-0.4, -0.2) is 16.6 Å². The van der Waals surface area contributed by atoms with Gasteiger partial charge in [0.1, 0.15) is 0 Å². The van der Waals surface area contributed by atoms with Crippen molar-refractivity contribution >= 4 is 17.3 Å². The zero-order valence-corrected chi connectivity index (χ0v) is 9.83. The molecule has 0 spiro atoms. The highest BCUT2D eigenvalue weighted by Gasteiger charge is 2.00. The van der Waals surface area contributed by atoms with E-state index < -0.39 is 0 Å². The first-order chi connectivity index (χ1) is 7.74. The Morgan fingerprint density at radius 1 is 1.44 bits per heavy atom. The molecule has 0 unspecified atom stereocenters. The fourth-order valence-corrected chi connectivity index (χ4v) is 2.04. The van der Waals surface area contributed by atoms with E-state index in [1.807, 2.05) is 13.0 Å². The molecule has 0 fully saturated rings. The van der Waals surface area contributed by atoms with Crippen LogP contribution in [0.4, 0.5) is 5.95 Å². The number of thiophene rings is 1. The van der Waals surface area contributed by atoms with Crippen LogP contribution >= 0.6 is 11.3 Å². The minimum atomic E-state index is 0.256. The van der Waals surface area contributed by atoms with E-state index in [-0.39, 0.29) is 5.95 Å². The molecule has 0 aromatic carbocycles. The summed E-state index contributed by atoms with van der Waals surface area (Å²) in [4.78, 5) is 9.29. The zero-order valence-electron chi connectivity index (χ0n) is 9.01. The molecule has 0 saturated carbocycles. The maximum absolute atomic E-state index is 5.53. The van der Waals surface area contributed by atoms with E-state index in [9.17, 15) is 0 Å². The summed E-state index contributed by atoms with van der Waals surface area (Å²) in [5, 5.41) is 2.06. The molecule has 0 saturated heterocycles. The van der Waals surface area contributed by atoms with Crippen molar-refractivity contribution in [3.8, 4) is 5.88 Å². The maximum atomic E-state index is 5.53. The summed E-state index contributed by atoms with van der Waals surface area (Å²) < 4.78 is 5.52. The highest BCUT2D eigenvalue weighted by Crippen LogP contribution is 2.12. The smallest absolute Gasteiger partial charge is 0.223 e. The molecule has 0 atom stereocenters.